The molecule has 5 heteroatoms. The van der Waals surface area contributed by atoms with Gasteiger partial charge in [0.2, 0.25) is 0 Å². The number of carbonyl (C=O) groups is 1. The van der Waals surface area contributed by atoms with Crippen molar-refractivity contribution in [3.05, 3.63) is 22.9 Å². The number of hydrogen-bond donors (Lipinski definition) is 1. The van der Waals surface area contributed by atoms with Crippen molar-refractivity contribution < 1.29 is 9.53 Å². The lowest BCUT2D eigenvalue weighted by Crippen LogP contribution is -2.13. The number of aromatic nitrogens is 1. The fourth-order valence-corrected chi connectivity index (χ4v) is 1.11. The molecular formula is C9H7BrN2O2. The Kier molecular flexibility index (Phi) is 3.95. The van der Waals surface area contributed by atoms with Crippen LogP contribution in [0.15, 0.2) is 22.9 Å². The summed E-state index contributed by atoms with van der Waals surface area (Å²) in [4.78, 5) is 14.9. The van der Waals surface area contributed by atoms with Crippen LogP contribution in [0.25, 0.3) is 0 Å². The van der Waals surface area contributed by atoms with E-state index in [-0.39, 0.29) is 6.61 Å². The number of nitrogens with zero attached hydrogens (tertiary/aromatic N) is 1. The van der Waals surface area contributed by atoms with Crippen LogP contribution in [0.2, 0.25) is 0 Å². The van der Waals surface area contributed by atoms with Gasteiger partial charge in [0, 0.05) is 11.9 Å². The van der Waals surface area contributed by atoms with E-state index in [1.54, 1.807) is 18.3 Å². The number of terminal acetylenes is 1. The molecule has 14 heavy (non-hydrogen) atoms. The molecule has 0 fully saturated rings. The number of halogens is 1. The summed E-state index contributed by atoms with van der Waals surface area (Å²) in [6, 6.07) is 3.29. The first-order valence-electron chi connectivity index (χ1n) is 3.71. The molecule has 0 aliphatic heterocycles. The average Bonchev–Trinajstić information content (AvgIpc) is 2.15. The average molecular weight is 255 g/mol. The number of carbonyl (C=O) groups excluding carboxylic acids is 1. The number of nitrogens with one attached hydrogen (secondary N) is 1. The quantitative estimate of drug-likeness (QED) is 0.649. The maximum atomic E-state index is 11.0. The first-order chi connectivity index (χ1) is 6.72. The predicted octanol–water partition coefficient (Wildman–Crippen LogP) is 2.03. The number of hydrogen-bond acceptors (Lipinski definition) is 3. The fraction of sp³-hybridized carbons (Fsp3) is 0.111. The third-order valence-corrected chi connectivity index (χ3v) is 1.69. The van der Waals surface area contributed by atoms with Crippen LogP contribution in [-0.4, -0.2) is 17.7 Å². The maximum Gasteiger partial charge on any atom is 0.412 e. The summed E-state index contributed by atoms with van der Waals surface area (Å²) >= 11 is 3.17. The van der Waals surface area contributed by atoms with E-state index in [9.17, 15) is 4.79 Å². The fourth-order valence-electron chi connectivity index (χ4n) is 0.741. The Morgan fingerprint density at radius 3 is 3.21 bits per heavy atom. The minimum Gasteiger partial charge on any atom is -0.436 e. The van der Waals surface area contributed by atoms with Crippen LogP contribution in [0.5, 0.6) is 0 Å². The van der Waals surface area contributed by atoms with Crippen molar-refractivity contribution in [3.8, 4) is 12.3 Å². The number of amides is 1. The zero-order chi connectivity index (χ0) is 10.4. The molecule has 4 nitrogen and oxygen atoms in total. The lowest BCUT2D eigenvalue weighted by atomic mass is 10.4. The molecule has 1 aromatic rings. The Hall–Kier alpha value is -1.54. The van der Waals surface area contributed by atoms with Crippen molar-refractivity contribution in [2.75, 3.05) is 11.9 Å². The van der Waals surface area contributed by atoms with Crippen LogP contribution in [-0.2, 0) is 4.74 Å². The second kappa shape index (κ2) is 5.25. The first-order valence-corrected chi connectivity index (χ1v) is 4.50. The summed E-state index contributed by atoms with van der Waals surface area (Å²) in [5.74, 6) is 2.19. The van der Waals surface area contributed by atoms with E-state index in [0.29, 0.717) is 10.3 Å². The summed E-state index contributed by atoms with van der Waals surface area (Å²) in [5, 5.41) is 2.49. The van der Waals surface area contributed by atoms with Gasteiger partial charge in [-0.25, -0.2) is 9.78 Å². The van der Waals surface area contributed by atoms with Gasteiger partial charge < -0.3 is 4.74 Å². The molecule has 0 aliphatic carbocycles. The number of ether oxygens (including phenoxy) is 1. The molecule has 0 bridgehead atoms. The van der Waals surface area contributed by atoms with Crippen molar-refractivity contribution in [2.24, 2.45) is 0 Å². The zero-order valence-electron chi connectivity index (χ0n) is 7.16. The highest BCUT2D eigenvalue weighted by atomic mass is 79.9. The van der Waals surface area contributed by atoms with E-state index in [1.807, 2.05) is 0 Å². The molecule has 1 aromatic heterocycles. The van der Waals surface area contributed by atoms with E-state index in [4.69, 9.17) is 6.42 Å². The molecular weight excluding hydrogens is 248 g/mol. The lowest BCUT2D eigenvalue weighted by Gasteiger charge is -2.03. The van der Waals surface area contributed by atoms with Gasteiger partial charge in [-0.3, -0.25) is 5.32 Å². The van der Waals surface area contributed by atoms with Crippen molar-refractivity contribution in [1.29, 1.82) is 0 Å². The summed E-state index contributed by atoms with van der Waals surface area (Å²) in [5.41, 5.74) is 0.592. The standard InChI is InChI=1S/C9H7BrN2O2/c1-2-5-14-9(13)12-7-3-4-11-8(10)6-7/h1,3-4,6H,5H2,(H,11,12,13). The molecule has 1 N–H and O–H groups in total. The Labute approximate surface area is 89.8 Å². The first kappa shape index (κ1) is 10.5. The Bertz CT molecular complexity index is 373. The maximum absolute atomic E-state index is 11.0. The van der Waals surface area contributed by atoms with Crippen molar-refractivity contribution in [1.82, 2.24) is 4.98 Å². The third kappa shape index (κ3) is 3.46. The highest BCUT2D eigenvalue weighted by Gasteiger charge is 2.01. The minimum atomic E-state index is -0.582. The molecule has 1 rings (SSSR count). The molecule has 1 amide bonds. The predicted molar refractivity (Wildman–Crippen MR) is 55.7 cm³/mol. The summed E-state index contributed by atoms with van der Waals surface area (Å²) in [6.45, 7) is -0.0436. The Morgan fingerprint density at radius 1 is 1.79 bits per heavy atom. The molecule has 0 aliphatic rings. The Balaban J connectivity index is 2.53. The molecule has 0 aromatic carbocycles. The molecule has 0 spiro atoms. The van der Waals surface area contributed by atoms with Crippen molar-refractivity contribution in [3.63, 3.8) is 0 Å². The van der Waals surface area contributed by atoms with Gasteiger partial charge in [-0.1, -0.05) is 5.92 Å². The van der Waals surface area contributed by atoms with Gasteiger partial charge in [-0.2, -0.15) is 0 Å². The van der Waals surface area contributed by atoms with E-state index in [1.165, 1.54) is 0 Å². The van der Waals surface area contributed by atoms with Gasteiger partial charge in [0.15, 0.2) is 6.61 Å². The van der Waals surface area contributed by atoms with Gasteiger partial charge >= 0.3 is 6.09 Å². The van der Waals surface area contributed by atoms with Crippen LogP contribution in [0, 0.1) is 12.3 Å². The molecule has 0 saturated heterocycles. The second-order valence-electron chi connectivity index (χ2n) is 2.27. The smallest absolute Gasteiger partial charge is 0.412 e. The number of pyridine rings is 1. The van der Waals surface area contributed by atoms with Gasteiger partial charge in [0.05, 0.1) is 0 Å². The number of rotatable bonds is 2. The monoisotopic (exact) mass is 254 g/mol. The molecule has 0 atom stereocenters. The van der Waals surface area contributed by atoms with Crippen molar-refractivity contribution >= 4 is 27.7 Å². The van der Waals surface area contributed by atoms with Gasteiger partial charge in [-0.15, -0.1) is 6.42 Å². The van der Waals surface area contributed by atoms with Crippen LogP contribution >= 0.6 is 15.9 Å². The largest absolute Gasteiger partial charge is 0.436 e. The summed E-state index contributed by atoms with van der Waals surface area (Å²) in [6.07, 6.45) is 5.90. The van der Waals surface area contributed by atoms with E-state index in [2.05, 4.69) is 36.9 Å². The summed E-state index contributed by atoms with van der Waals surface area (Å²) < 4.78 is 5.24. The molecule has 0 unspecified atom stereocenters. The van der Waals surface area contributed by atoms with E-state index in [0.717, 1.165) is 0 Å². The third-order valence-electron chi connectivity index (χ3n) is 1.26. The normalized spacial score (nSPS) is 8.86. The minimum absolute atomic E-state index is 0.0436. The van der Waals surface area contributed by atoms with Crippen LogP contribution in [0.4, 0.5) is 10.5 Å². The molecule has 72 valence electrons. The highest BCUT2D eigenvalue weighted by molar-refractivity contribution is 9.10. The van der Waals surface area contributed by atoms with E-state index >= 15 is 0 Å². The summed E-state index contributed by atoms with van der Waals surface area (Å²) in [7, 11) is 0. The van der Waals surface area contributed by atoms with Gasteiger partial charge in [0.1, 0.15) is 4.60 Å². The lowest BCUT2D eigenvalue weighted by molar-refractivity contribution is 0.176. The van der Waals surface area contributed by atoms with Gasteiger partial charge in [0.25, 0.3) is 0 Å². The van der Waals surface area contributed by atoms with E-state index < -0.39 is 6.09 Å². The topological polar surface area (TPSA) is 51.2 Å². The van der Waals surface area contributed by atoms with Crippen LogP contribution < -0.4 is 5.32 Å². The SMILES string of the molecule is C#CCOC(=O)Nc1ccnc(Br)c1. The second-order valence-corrected chi connectivity index (χ2v) is 3.08. The molecule has 0 saturated carbocycles. The van der Waals surface area contributed by atoms with Crippen LogP contribution in [0.3, 0.4) is 0 Å². The van der Waals surface area contributed by atoms with Crippen molar-refractivity contribution in [2.45, 2.75) is 0 Å². The molecule has 0 radical (unpaired) electrons. The Morgan fingerprint density at radius 2 is 2.57 bits per heavy atom. The molecule has 1 heterocycles. The zero-order valence-corrected chi connectivity index (χ0v) is 8.74. The highest BCUT2D eigenvalue weighted by Crippen LogP contribution is 2.12. The van der Waals surface area contributed by atoms with Gasteiger partial charge in [-0.05, 0) is 28.1 Å². The van der Waals surface area contributed by atoms with Crippen LogP contribution in [0.1, 0.15) is 0 Å². The number of anilines is 1.